The second-order valence-electron chi connectivity index (χ2n) is 7.69. The Balaban J connectivity index is 1.48. The molecule has 1 unspecified atom stereocenters. The number of carbonyl (C=O) groups is 1. The summed E-state index contributed by atoms with van der Waals surface area (Å²) in [5.74, 6) is 0.446. The topological polar surface area (TPSA) is 100 Å². The van der Waals surface area contributed by atoms with Crippen LogP contribution in [0, 0.1) is 0 Å². The van der Waals surface area contributed by atoms with Crippen molar-refractivity contribution in [3.63, 3.8) is 0 Å². The number of aromatic amines is 1. The molecule has 1 saturated heterocycles. The number of aromatic nitrogens is 3. The highest BCUT2D eigenvalue weighted by Gasteiger charge is 2.45. The van der Waals surface area contributed by atoms with E-state index in [4.69, 9.17) is 4.74 Å². The molecule has 0 aromatic carbocycles. The van der Waals surface area contributed by atoms with Crippen LogP contribution in [-0.4, -0.2) is 49.4 Å². The lowest BCUT2D eigenvalue weighted by atomic mass is 9.83. The number of rotatable bonds is 2. The Bertz CT molecular complexity index is 908. The smallest absolute Gasteiger partial charge is 0.270 e. The van der Waals surface area contributed by atoms with Gasteiger partial charge in [-0.2, -0.15) is 5.10 Å². The fourth-order valence-corrected chi connectivity index (χ4v) is 3.85. The summed E-state index contributed by atoms with van der Waals surface area (Å²) in [6.45, 7) is 5.07. The van der Waals surface area contributed by atoms with Crippen LogP contribution in [-0.2, 0) is 0 Å². The number of nitrogens with zero attached hydrogens (tertiary/aromatic N) is 3. The van der Waals surface area contributed by atoms with Gasteiger partial charge in [0, 0.05) is 56.7 Å². The van der Waals surface area contributed by atoms with Gasteiger partial charge in [0.15, 0.2) is 11.2 Å². The van der Waals surface area contributed by atoms with Crippen LogP contribution in [0.5, 0.6) is 5.75 Å². The first-order valence-electron chi connectivity index (χ1n) is 9.31. The molecule has 2 aliphatic heterocycles. The Hall–Kier alpha value is -2.61. The molecule has 2 aromatic rings. The summed E-state index contributed by atoms with van der Waals surface area (Å²) in [7, 11) is 0. The summed E-state index contributed by atoms with van der Waals surface area (Å²) in [4.78, 5) is 28.7. The molecule has 0 saturated carbocycles. The van der Waals surface area contributed by atoms with E-state index in [1.807, 2.05) is 20.0 Å². The molecule has 0 aliphatic carbocycles. The van der Waals surface area contributed by atoms with E-state index in [-0.39, 0.29) is 17.4 Å². The van der Waals surface area contributed by atoms with Gasteiger partial charge in [-0.3, -0.25) is 14.3 Å². The SMILES string of the molecule is CC(C)n1cc2c(n1)C(O)CC1(CCN(C(=O)c3cc(=O)cc[nH]3)CC1)O2. The zero-order valence-electron chi connectivity index (χ0n) is 15.5. The monoisotopic (exact) mass is 372 g/mol. The maximum atomic E-state index is 12.6. The lowest BCUT2D eigenvalue weighted by Gasteiger charge is -2.44. The maximum absolute atomic E-state index is 12.6. The molecule has 4 rings (SSSR count). The van der Waals surface area contributed by atoms with Crippen molar-refractivity contribution in [2.24, 2.45) is 0 Å². The number of ether oxygens (including phenoxy) is 1. The first-order valence-corrected chi connectivity index (χ1v) is 9.31. The zero-order valence-corrected chi connectivity index (χ0v) is 15.5. The average Bonchev–Trinajstić information content (AvgIpc) is 3.06. The normalized spacial score (nSPS) is 21.2. The standard InChI is InChI=1S/C19H24N4O4/c1-12(2)23-11-16-17(21-23)15(25)10-19(27-16)4-7-22(8-5-19)18(26)14-9-13(24)3-6-20-14/h3,6,9,11-12,15,25H,4-5,7-8,10H2,1-2H3,(H,20,24). The fraction of sp³-hybridized carbons (Fsp3) is 0.526. The summed E-state index contributed by atoms with van der Waals surface area (Å²) in [5, 5.41) is 15.0. The van der Waals surface area contributed by atoms with Gasteiger partial charge in [-0.25, -0.2) is 0 Å². The van der Waals surface area contributed by atoms with Crippen molar-refractivity contribution in [2.45, 2.75) is 50.9 Å². The Kier molecular flexibility index (Phi) is 4.30. The van der Waals surface area contributed by atoms with E-state index in [1.165, 1.54) is 18.3 Å². The fourth-order valence-electron chi connectivity index (χ4n) is 3.85. The van der Waals surface area contributed by atoms with E-state index in [9.17, 15) is 14.7 Å². The number of aliphatic hydroxyl groups excluding tert-OH is 1. The van der Waals surface area contributed by atoms with Crippen LogP contribution in [0.2, 0.25) is 0 Å². The molecule has 2 N–H and O–H groups in total. The molecule has 8 nitrogen and oxygen atoms in total. The van der Waals surface area contributed by atoms with Gasteiger partial charge in [-0.05, 0) is 13.8 Å². The lowest BCUT2D eigenvalue weighted by Crippen LogP contribution is -2.51. The maximum Gasteiger partial charge on any atom is 0.270 e. The van der Waals surface area contributed by atoms with Crippen molar-refractivity contribution in [1.29, 1.82) is 0 Å². The van der Waals surface area contributed by atoms with Crippen LogP contribution in [0.1, 0.15) is 61.4 Å². The number of fused-ring (bicyclic) bond motifs is 1. The molecule has 0 bridgehead atoms. The molecule has 1 fully saturated rings. The van der Waals surface area contributed by atoms with E-state index < -0.39 is 11.7 Å². The Labute approximate surface area is 156 Å². The molecular formula is C19H24N4O4. The minimum absolute atomic E-state index is 0.188. The first-order chi connectivity index (χ1) is 12.9. The number of likely N-dealkylation sites (tertiary alicyclic amines) is 1. The molecule has 1 spiro atoms. The van der Waals surface area contributed by atoms with Gasteiger partial charge in [0.1, 0.15) is 23.1 Å². The number of hydrogen-bond acceptors (Lipinski definition) is 5. The third kappa shape index (κ3) is 3.25. The summed E-state index contributed by atoms with van der Waals surface area (Å²) < 4.78 is 8.08. The predicted molar refractivity (Wildman–Crippen MR) is 97.7 cm³/mol. The van der Waals surface area contributed by atoms with Crippen molar-refractivity contribution in [1.82, 2.24) is 19.7 Å². The first kappa shape index (κ1) is 17.8. The van der Waals surface area contributed by atoms with E-state index in [1.54, 1.807) is 9.58 Å². The highest BCUT2D eigenvalue weighted by atomic mass is 16.5. The summed E-state index contributed by atoms with van der Waals surface area (Å²) in [6.07, 6.45) is 4.38. The average molecular weight is 372 g/mol. The van der Waals surface area contributed by atoms with Crippen molar-refractivity contribution in [2.75, 3.05) is 13.1 Å². The molecule has 2 aliphatic rings. The molecule has 27 heavy (non-hydrogen) atoms. The number of pyridine rings is 1. The highest BCUT2D eigenvalue weighted by Crippen LogP contribution is 2.44. The second-order valence-corrected chi connectivity index (χ2v) is 7.69. The number of H-pyrrole nitrogens is 1. The van der Waals surface area contributed by atoms with Gasteiger partial charge >= 0.3 is 0 Å². The minimum atomic E-state index is -0.665. The highest BCUT2D eigenvalue weighted by molar-refractivity contribution is 5.92. The number of nitrogens with one attached hydrogen (secondary N) is 1. The molecule has 2 aromatic heterocycles. The van der Waals surface area contributed by atoms with E-state index >= 15 is 0 Å². The summed E-state index contributed by atoms with van der Waals surface area (Å²) in [5.41, 5.74) is 0.204. The Morgan fingerprint density at radius 2 is 2.15 bits per heavy atom. The van der Waals surface area contributed by atoms with E-state index in [0.29, 0.717) is 49.5 Å². The zero-order chi connectivity index (χ0) is 19.2. The van der Waals surface area contributed by atoms with Crippen LogP contribution in [0.25, 0.3) is 0 Å². The van der Waals surface area contributed by atoms with E-state index in [2.05, 4.69) is 10.1 Å². The number of aliphatic hydroxyl groups is 1. The van der Waals surface area contributed by atoms with Gasteiger partial charge in [-0.15, -0.1) is 0 Å². The van der Waals surface area contributed by atoms with Crippen molar-refractivity contribution >= 4 is 5.91 Å². The molecule has 144 valence electrons. The van der Waals surface area contributed by atoms with Crippen LogP contribution < -0.4 is 10.2 Å². The molecule has 0 radical (unpaired) electrons. The van der Waals surface area contributed by atoms with Gasteiger partial charge in [0.05, 0.1) is 6.20 Å². The molecule has 1 amide bonds. The molecular weight excluding hydrogens is 348 g/mol. The van der Waals surface area contributed by atoms with Crippen LogP contribution in [0.15, 0.2) is 29.3 Å². The number of piperidine rings is 1. The largest absolute Gasteiger partial charge is 0.483 e. The van der Waals surface area contributed by atoms with Gasteiger partial charge in [0.2, 0.25) is 0 Å². The van der Waals surface area contributed by atoms with Gasteiger partial charge in [-0.1, -0.05) is 0 Å². The van der Waals surface area contributed by atoms with E-state index in [0.717, 1.165) is 0 Å². The number of carbonyl (C=O) groups excluding carboxylic acids is 1. The van der Waals surface area contributed by atoms with Crippen molar-refractivity contribution in [3.05, 3.63) is 46.1 Å². The van der Waals surface area contributed by atoms with Crippen molar-refractivity contribution in [3.8, 4) is 5.75 Å². The number of amides is 1. The second kappa shape index (κ2) is 6.53. The summed E-state index contributed by atoms with van der Waals surface area (Å²) in [6, 6.07) is 2.89. The molecule has 8 heteroatoms. The van der Waals surface area contributed by atoms with Crippen LogP contribution >= 0.6 is 0 Å². The number of hydrogen-bond donors (Lipinski definition) is 2. The third-order valence-electron chi connectivity index (χ3n) is 5.43. The minimum Gasteiger partial charge on any atom is -0.483 e. The van der Waals surface area contributed by atoms with Crippen molar-refractivity contribution < 1.29 is 14.6 Å². The Morgan fingerprint density at radius 1 is 1.41 bits per heavy atom. The van der Waals surface area contributed by atoms with Gasteiger partial charge < -0.3 is 19.7 Å². The molecule has 1 atom stereocenters. The summed E-state index contributed by atoms with van der Waals surface area (Å²) >= 11 is 0. The lowest BCUT2D eigenvalue weighted by molar-refractivity contribution is -0.0505. The predicted octanol–water partition coefficient (Wildman–Crippen LogP) is 1.64. The Morgan fingerprint density at radius 3 is 2.81 bits per heavy atom. The van der Waals surface area contributed by atoms with Crippen LogP contribution in [0.3, 0.4) is 0 Å². The van der Waals surface area contributed by atoms with Crippen LogP contribution in [0.4, 0.5) is 0 Å². The quantitative estimate of drug-likeness (QED) is 0.835. The van der Waals surface area contributed by atoms with Gasteiger partial charge in [0.25, 0.3) is 5.91 Å². The third-order valence-corrected chi connectivity index (χ3v) is 5.43. The molecule has 4 heterocycles.